The lowest BCUT2D eigenvalue weighted by atomic mass is 9.86. The molecule has 0 spiro atoms. The predicted octanol–water partition coefficient (Wildman–Crippen LogP) is 2.65. The summed E-state index contributed by atoms with van der Waals surface area (Å²) in [4.78, 5) is 0. The molecule has 21 heavy (non-hydrogen) atoms. The van der Waals surface area contributed by atoms with Crippen LogP contribution in [0.1, 0.15) is 43.2 Å². The Morgan fingerprint density at radius 3 is 2.76 bits per heavy atom. The molecule has 0 bridgehead atoms. The van der Waals surface area contributed by atoms with E-state index in [2.05, 4.69) is 6.07 Å². The van der Waals surface area contributed by atoms with Crippen molar-refractivity contribution < 1.29 is 8.42 Å². The lowest BCUT2D eigenvalue weighted by Crippen LogP contribution is -2.39. The van der Waals surface area contributed by atoms with Gasteiger partial charge in [0, 0.05) is 12.6 Å². The fourth-order valence-corrected chi connectivity index (χ4v) is 5.63. The Morgan fingerprint density at radius 2 is 1.95 bits per heavy atom. The molecule has 112 valence electrons. The molecule has 0 aromatic heterocycles. The van der Waals surface area contributed by atoms with Crippen molar-refractivity contribution in [3.8, 4) is 6.07 Å². The molecule has 0 amide bonds. The minimum Gasteiger partial charge on any atom is -0.212 e. The van der Waals surface area contributed by atoms with Gasteiger partial charge in [-0.1, -0.05) is 31.0 Å². The smallest absolute Gasteiger partial charge is 0.212 e. The first-order chi connectivity index (χ1) is 10.1. The lowest BCUT2D eigenvalue weighted by Gasteiger charge is -2.31. The Hall–Kier alpha value is -1.38. The second kappa shape index (κ2) is 5.78. The summed E-state index contributed by atoms with van der Waals surface area (Å²) < 4.78 is 27.2. The third-order valence-corrected chi connectivity index (χ3v) is 6.64. The van der Waals surface area contributed by atoms with Gasteiger partial charge in [0.15, 0.2) is 0 Å². The Balaban J connectivity index is 1.83. The highest BCUT2D eigenvalue weighted by Crippen LogP contribution is 2.38. The van der Waals surface area contributed by atoms with E-state index in [1.54, 1.807) is 28.6 Å². The fourth-order valence-electron chi connectivity index (χ4n) is 3.74. The van der Waals surface area contributed by atoms with Crippen LogP contribution in [0.2, 0.25) is 0 Å². The van der Waals surface area contributed by atoms with Gasteiger partial charge >= 0.3 is 0 Å². The molecule has 2 fully saturated rings. The maximum absolute atomic E-state index is 12.7. The molecule has 1 heterocycles. The predicted molar refractivity (Wildman–Crippen MR) is 80.8 cm³/mol. The zero-order chi connectivity index (χ0) is 14.9. The molecule has 1 aromatic carbocycles. The third-order valence-electron chi connectivity index (χ3n) is 4.79. The zero-order valence-corrected chi connectivity index (χ0v) is 12.8. The van der Waals surface area contributed by atoms with E-state index in [4.69, 9.17) is 5.26 Å². The number of nitrogens with zero attached hydrogens (tertiary/aromatic N) is 2. The maximum atomic E-state index is 12.7. The van der Waals surface area contributed by atoms with Crippen LogP contribution in [0.25, 0.3) is 0 Å². The van der Waals surface area contributed by atoms with Gasteiger partial charge in [0.2, 0.25) is 10.0 Å². The van der Waals surface area contributed by atoms with Gasteiger partial charge in [-0.2, -0.15) is 9.57 Å². The van der Waals surface area contributed by atoms with Gasteiger partial charge in [-0.05, 0) is 36.8 Å². The molecule has 2 atom stereocenters. The van der Waals surface area contributed by atoms with E-state index in [0.717, 1.165) is 25.7 Å². The van der Waals surface area contributed by atoms with Gasteiger partial charge in [0.25, 0.3) is 0 Å². The zero-order valence-electron chi connectivity index (χ0n) is 12.0. The molecule has 1 saturated carbocycles. The van der Waals surface area contributed by atoms with Crippen LogP contribution in [0, 0.1) is 17.2 Å². The average Bonchev–Trinajstić information content (AvgIpc) is 2.92. The second-order valence-electron chi connectivity index (χ2n) is 6.04. The van der Waals surface area contributed by atoms with Crippen molar-refractivity contribution in [1.29, 1.82) is 5.26 Å². The summed E-state index contributed by atoms with van der Waals surface area (Å²) in [7, 11) is -3.33. The van der Waals surface area contributed by atoms with Crippen molar-refractivity contribution in [3.63, 3.8) is 0 Å². The Morgan fingerprint density at radius 1 is 1.19 bits per heavy atom. The maximum Gasteiger partial charge on any atom is 0.218 e. The standard InChI is InChI=1S/C16H20N2O2S/c17-11-14-6-1-2-7-15(14)12-21(19,20)18-10-9-13-5-3-4-8-16(13)18/h1-2,6-7,13,16H,3-5,8-10,12H2. The molecule has 2 aliphatic rings. The van der Waals surface area contributed by atoms with Crippen LogP contribution >= 0.6 is 0 Å². The number of sulfonamides is 1. The van der Waals surface area contributed by atoms with Crippen LogP contribution in [0.3, 0.4) is 0 Å². The first-order valence-electron chi connectivity index (χ1n) is 7.59. The highest BCUT2D eigenvalue weighted by atomic mass is 32.2. The molecule has 1 aliphatic carbocycles. The van der Waals surface area contributed by atoms with E-state index >= 15 is 0 Å². The lowest BCUT2D eigenvalue weighted by molar-refractivity contribution is 0.260. The van der Waals surface area contributed by atoms with Gasteiger partial charge in [-0.3, -0.25) is 0 Å². The van der Waals surface area contributed by atoms with Crippen LogP contribution in [-0.2, 0) is 15.8 Å². The van der Waals surface area contributed by atoms with Gasteiger partial charge in [-0.15, -0.1) is 0 Å². The van der Waals surface area contributed by atoms with Crippen molar-refractivity contribution in [2.45, 2.75) is 43.9 Å². The van der Waals surface area contributed by atoms with E-state index in [0.29, 0.717) is 23.6 Å². The topological polar surface area (TPSA) is 61.2 Å². The van der Waals surface area contributed by atoms with Crippen molar-refractivity contribution in [2.24, 2.45) is 5.92 Å². The van der Waals surface area contributed by atoms with Gasteiger partial charge in [0.05, 0.1) is 17.4 Å². The number of fused-ring (bicyclic) bond motifs is 1. The SMILES string of the molecule is N#Cc1ccccc1CS(=O)(=O)N1CCC2CCCCC21. The van der Waals surface area contributed by atoms with Crippen LogP contribution in [-0.4, -0.2) is 25.3 Å². The van der Waals surface area contributed by atoms with Crippen LogP contribution in [0.5, 0.6) is 0 Å². The van der Waals surface area contributed by atoms with E-state index in [1.807, 2.05) is 0 Å². The monoisotopic (exact) mass is 304 g/mol. The molecule has 5 heteroatoms. The van der Waals surface area contributed by atoms with E-state index in [1.165, 1.54) is 6.42 Å². The number of hydrogen-bond acceptors (Lipinski definition) is 3. The quantitative estimate of drug-likeness (QED) is 0.862. The van der Waals surface area contributed by atoms with Gasteiger partial charge in [-0.25, -0.2) is 8.42 Å². The summed E-state index contributed by atoms with van der Waals surface area (Å²) in [6.07, 6.45) is 5.49. The van der Waals surface area contributed by atoms with Crippen LogP contribution in [0.4, 0.5) is 0 Å². The summed E-state index contributed by atoms with van der Waals surface area (Å²) in [5.74, 6) is 0.486. The highest BCUT2D eigenvalue weighted by molar-refractivity contribution is 7.88. The molecule has 1 saturated heterocycles. The number of rotatable bonds is 3. The summed E-state index contributed by atoms with van der Waals surface area (Å²) in [6, 6.07) is 9.25. The molecule has 1 aliphatic heterocycles. The minimum absolute atomic E-state index is 0.0556. The first-order valence-corrected chi connectivity index (χ1v) is 9.20. The number of hydrogen-bond donors (Lipinski definition) is 0. The van der Waals surface area contributed by atoms with Crippen molar-refractivity contribution in [1.82, 2.24) is 4.31 Å². The summed E-state index contributed by atoms with van der Waals surface area (Å²) in [5.41, 5.74) is 1.07. The molecule has 4 nitrogen and oxygen atoms in total. The Bertz CT molecular complexity index is 663. The Labute approximate surface area is 126 Å². The van der Waals surface area contributed by atoms with Crippen LogP contribution < -0.4 is 0 Å². The molecule has 2 unspecified atom stereocenters. The molecule has 3 rings (SSSR count). The van der Waals surface area contributed by atoms with E-state index in [-0.39, 0.29) is 11.8 Å². The van der Waals surface area contributed by atoms with Crippen LogP contribution in [0.15, 0.2) is 24.3 Å². The van der Waals surface area contributed by atoms with Gasteiger partial charge in [0.1, 0.15) is 0 Å². The molecule has 1 aromatic rings. The third kappa shape index (κ3) is 2.83. The van der Waals surface area contributed by atoms with Crippen molar-refractivity contribution in [3.05, 3.63) is 35.4 Å². The largest absolute Gasteiger partial charge is 0.218 e. The number of nitriles is 1. The average molecular weight is 304 g/mol. The molecule has 0 N–H and O–H groups in total. The fraction of sp³-hybridized carbons (Fsp3) is 0.562. The molecular weight excluding hydrogens is 284 g/mol. The summed E-state index contributed by atoms with van der Waals surface area (Å²) >= 11 is 0. The molecular formula is C16H20N2O2S. The highest BCUT2D eigenvalue weighted by Gasteiger charge is 2.41. The summed E-state index contributed by atoms with van der Waals surface area (Å²) in [6.45, 7) is 0.645. The Kier molecular flexibility index (Phi) is 4.01. The van der Waals surface area contributed by atoms with Gasteiger partial charge < -0.3 is 0 Å². The normalized spacial score (nSPS) is 26.2. The second-order valence-corrected chi connectivity index (χ2v) is 7.96. The summed E-state index contributed by atoms with van der Waals surface area (Å²) in [5, 5.41) is 9.11. The number of benzene rings is 1. The van der Waals surface area contributed by atoms with E-state index < -0.39 is 10.0 Å². The van der Waals surface area contributed by atoms with Crippen molar-refractivity contribution in [2.75, 3.05) is 6.54 Å². The van der Waals surface area contributed by atoms with Crippen molar-refractivity contribution >= 4 is 10.0 Å². The first kappa shape index (κ1) is 14.6. The minimum atomic E-state index is -3.33. The van der Waals surface area contributed by atoms with E-state index in [9.17, 15) is 8.42 Å². The molecule has 0 radical (unpaired) electrons.